The van der Waals surface area contributed by atoms with Crippen LogP contribution in [0.2, 0.25) is 0 Å². The van der Waals surface area contributed by atoms with Gasteiger partial charge in [0, 0.05) is 19.3 Å². The highest BCUT2D eigenvalue weighted by atomic mass is 31.2. The molecule has 0 spiro atoms. The Morgan fingerprint density at radius 1 is 0.600 bits per heavy atom. The van der Waals surface area contributed by atoms with Gasteiger partial charge in [-0.3, -0.25) is 18.9 Å². The monoisotopic (exact) mass is 798 g/mol. The molecule has 0 aliphatic rings. The van der Waals surface area contributed by atoms with Crippen molar-refractivity contribution in [3.8, 4) is 0 Å². The molecule has 0 saturated heterocycles. The Morgan fingerprint density at radius 3 is 1.69 bits per heavy atom. The second-order valence-electron chi connectivity index (χ2n) is 15.7. The largest absolute Gasteiger partial charge is 0.756 e. The second kappa shape index (κ2) is 36.3. The van der Waals surface area contributed by atoms with E-state index in [4.69, 9.17) is 18.5 Å². The van der Waals surface area contributed by atoms with E-state index >= 15 is 0 Å². The van der Waals surface area contributed by atoms with Crippen LogP contribution in [0.4, 0.5) is 0 Å². The van der Waals surface area contributed by atoms with E-state index in [2.05, 4.69) is 32.1 Å². The van der Waals surface area contributed by atoms with Gasteiger partial charge in [0.2, 0.25) is 0 Å². The van der Waals surface area contributed by atoms with E-state index in [-0.39, 0.29) is 31.8 Å². The van der Waals surface area contributed by atoms with Crippen LogP contribution in [0.15, 0.2) is 36.5 Å². The molecule has 0 fully saturated rings. The number of carbonyl (C=O) groups is 3. The minimum absolute atomic E-state index is 0.0545. The molecule has 0 aliphatic heterocycles. The van der Waals surface area contributed by atoms with Crippen LogP contribution in [0, 0.1) is 0 Å². The molecule has 320 valence electrons. The van der Waals surface area contributed by atoms with Crippen molar-refractivity contribution in [2.45, 2.75) is 180 Å². The number of hydrogen-bond acceptors (Lipinski definition) is 9. The first-order chi connectivity index (χ1) is 26.4. The summed E-state index contributed by atoms with van der Waals surface area (Å²) in [6.07, 6.45) is 35.6. The van der Waals surface area contributed by atoms with Crippen molar-refractivity contribution in [1.82, 2.24) is 0 Å². The molecule has 0 heterocycles. The SMILES string of the molecule is CCCCC/C=C\C=C\C(=O)CCCCCCCC(=O)O[C@H](COC(=O)CCCCCCC/C=C\CCCCCCCC)COP(=O)([O-])OCC[N+](C)(C)C. The molecule has 11 heteroatoms. The Balaban J connectivity index is 4.47. The van der Waals surface area contributed by atoms with E-state index in [0.717, 1.165) is 64.2 Å². The van der Waals surface area contributed by atoms with E-state index in [9.17, 15) is 23.8 Å². The predicted octanol–water partition coefficient (Wildman–Crippen LogP) is 10.7. The summed E-state index contributed by atoms with van der Waals surface area (Å²) in [5.41, 5.74) is 0. The minimum atomic E-state index is -4.66. The number of hydrogen-bond donors (Lipinski definition) is 0. The molecule has 55 heavy (non-hydrogen) atoms. The van der Waals surface area contributed by atoms with E-state index < -0.39 is 32.5 Å². The van der Waals surface area contributed by atoms with Crippen LogP contribution in [0.1, 0.15) is 174 Å². The maximum Gasteiger partial charge on any atom is 0.306 e. The topological polar surface area (TPSA) is 128 Å². The first kappa shape index (κ1) is 52.9. The van der Waals surface area contributed by atoms with Crippen molar-refractivity contribution in [2.24, 2.45) is 0 Å². The molecule has 0 amide bonds. The van der Waals surface area contributed by atoms with E-state index in [1.165, 1.54) is 64.2 Å². The third kappa shape index (κ3) is 39.9. The summed E-state index contributed by atoms with van der Waals surface area (Å²) in [6.45, 7) is 4.01. The van der Waals surface area contributed by atoms with Crippen molar-refractivity contribution in [3.05, 3.63) is 36.5 Å². The highest BCUT2D eigenvalue weighted by Gasteiger charge is 2.21. The van der Waals surface area contributed by atoms with Crippen LogP contribution in [0.25, 0.3) is 0 Å². The fraction of sp³-hybridized carbons (Fsp3) is 0.795. The van der Waals surface area contributed by atoms with Gasteiger partial charge in [-0.05, 0) is 63.9 Å². The van der Waals surface area contributed by atoms with Crippen LogP contribution in [0.5, 0.6) is 0 Å². The Morgan fingerprint density at radius 2 is 1.09 bits per heavy atom. The van der Waals surface area contributed by atoms with Gasteiger partial charge in [0.05, 0.1) is 27.7 Å². The molecule has 0 aromatic carbocycles. The summed E-state index contributed by atoms with van der Waals surface area (Å²) in [5.74, 6) is -0.822. The number of ether oxygens (including phenoxy) is 2. The molecule has 0 bridgehead atoms. The van der Waals surface area contributed by atoms with Crippen LogP contribution < -0.4 is 4.89 Å². The van der Waals surface area contributed by atoms with Crippen molar-refractivity contribution in [2.75, 3.05) is 47.5 Å². The zero-order valence-electron chi connectivity index (χ0n) is 35.6. The summed E-state index contributed by atoms with van der Waals surface area (Å²) in [7, 11) is 1.08. The van der Waals surface area contributed by atoms with Gasteiger partial charge in [-0.15, -0.1) is 0 Å². The van der Waals surface area contributed by atoms with Crippen LogP contribution in [-0.4, -0.2) is 75.8 Å². The number of nitrogens with zero attached hydrogens (tertiary/aromatic N) is 1. The molecular formula is C44H80NO9P. The van der Waals surface area contributed by atoms with Crippen LogP contribution >= 0.6 is 7.82 Å². The zero-order valence-corrected chi connectivity index (χ0v) is 36.5. The maximum absolute atomic E-state index is 12.7. The number of carbonyl (C=O) groups excluding carboxylic acids is 3. The molecule has 0 aromatic rings. The van der Waals surface area contributed by atoms with Gasteiger partial charge in [-0.2, -0.15) is 0 Å². The van der Waals surface area contributed by atoms with Crippen molar-refractivity contribution in [1.29, 1.82) is 0 Å². The zero-order chi connectivity index (χ0) is 40.9. The number of esters is 2. The molecule has 0 saturated carbocycles. The first-order valence-electron chi connectivity index (χ1n) is 21.6. The summed E-state index contributed by atoms with van der Waals surface area (Å²) >= 11 is 0. The molecular weight excluding hydrogens is 717 g/mol. The summed E-state index contributed by atoms with van der Waals surface area (Å²) in [4.78, 5) is 49.5. The Labute approximate surface area is 336 Å². The van der Waals surface area contributed by atoms with Crippen molar-refractivity contribution < 1.29 is 46.8 Å². The number of phosphoric acid groups is 1. The first-order valence-corrected chi connectivity index (χ1v) is 23.1. The number of quaternary nitrogens is 1. The lowest BCUT2D eigenvalue weighted by Gasteiger charge is -2.28. The average molecular weight is 798 g/mol. The molecule has 1 unspecified atom stereocenters. The fourth-order valence-corrected chi connectivity index (χ4v) is 6.36. The highest BCUT2D eigenvalue weighted by Crippen LogP contribution is 2.38. The lowest BCUT2D eigenvalue weighted by Crippen LogP contribution is -2.37. The molecule has 2 atom stereocenters. The standard InChI is InChI=1S/C44H80NO9P/c1-6-8-10-12-14-15-16-17-18-19-20-21-23-27-31-35-43(47)51-39-42(40-53-55(49,50)52-38-37-45(3,4)5)54-44(48)36-32-28-24-26-30-34-41(46)33-29-25-22-13-11-9-7-2/h17-18,22,25,29,33,42H,6-16,19-21,23-24,26-28,30-32,34-40H2,1-5H3/b18-17-,25-22-,33-29+/t42-/m1/s1. The van der Waals surface area contributed by atoms with E-state index in [0.29, 0.717) is 30.3 Å². The van der Waals surface area contributed by atoms with E-state index in [1.807, 2.05) is 33.3 Å². The lowest BCUT2D eigenvalue weighted by atomic mass is 10.1. The Kier molecular flexibility index (Phi) is 34.9. The third-order valence-corrected chi connectivity index (χ3v) is 10.1. The fourth-order valence-electron chi connectivity index (χ4n) is 5.63. The van der Waals surface area contributed by atoms with Gasteiger partial charge < -0.3 is 27.9 Å². The Hall–Kier alpha value is -2.10. The highest BCUT2D eigenvalue weighted by molar-refractivity contribution is 7.45. The average Bonchev–Trinajstić information content (AvgIpc) is 3.12. The third-order valence-electron chi connectivity index (χ3n) is 9.11. The van der Waals surface area contributed by atoms with Gasteiger partial charge >= 0.3 is 11.9 Å². The molecule has 10 nitrogen and oxygen atoms in total. The number of likely N-dealkylation sites (N-methyl/N-ethyl adjacent to an activating group) is 1. The van der Waals surface area contributed by atoms with Gasteiger partial charge in [-0.1, -0.05) is 128 Å². The molecule has 0 rings (SSSR count). The lowest BCUT2D eigenvalue weighted by molar-refractivity contribution is -0.870. The molecule has 0 N–H and O–H groups in total. The normalized spacial score (nSPS) is 13.9. The van der Waals surface area contributed by atoms with Gasteiger partial charge in [0.25, 0.3) is 7.82 Å². The second-order valence-corrected chi connectivity index (χ2v) is 17.1. The van der Waals surface area contributed by atoms with E-state index in [1.54, 1.807) is 6.08 Å². The minimum Gasteiger partial charge on any atom is -0.756 e. The van der Waals surface area contributed by atoms with Crippen LogP contribution in [0.3, 0.4) is 0 Å². The molecule has 0 aliphatic carbocycles. The predicted molar refractivity (Wildman–Crippen MR) is 222 cm³/mol. The number of phosphoric ester groups is 1. The van der Waals surface area contributed by atoms with Gasteiger partial charge in [-0.25, -0.2) is 0 Å². The summed E-state index contributed by atoms with van der Waals surface area (Å²) in [5, 5.41) is 0. The number of allylic oxidation sites excluding steroid dienone is 6. The summed E-state index contributed by atoms with van der Waals surface area (Å²) < 4.78 is 33.8. The maximum atomic E-state index is 12.7. The van der Waals surface area contributed by atoms with Crippen LogP contribution in [-0.2, 0) is 37.5 Å². The number of unbranched alkanes of at least 4 members (excludes halogenated alkanes) is 18. The molecule has 0 radical (unpaired) electrons. The summed E-state index contributed by atoms with van der Waals surface area (Å²) in [6, 6.07) is 0. The van der Waals surface area contributed by atoms with Crippen molar-refractivity contribution in [3.63, 3.8) is 0 Å². The smallest absolute Gasteiger partial charge is 0.306 e. The quantitative estimate of drug-likeness (QED) is 0.0113. The number of ketones is 1. The Bertz CT molecular complexity index is 1100. The molecule has 0 aromatic heterocycles. The van der Waals surface area contributed by atoms with Gasteiger partial charge in [0.15, 0.2) is 11.9 Å². The van der Waals surface area contributed by atoms with Gasteiger partial charge in [0.1, 0.15) is 19.8 Å². The number of rotatable bonds is 39. The van der Waals surface area contributed by atoms with Crippen molar-refractivity contribution >= 4 is 25.5 Å².